The molecule has 2 atom stereocenters. The van der Waals surface area contributed by atoms with Crippen molar-refractivity contribution in [1.82, 2.24) is 0 Å². The Morgan fingerprint density at radius 3 is 2.47 bits per heavy atom. The van der Waals surface area contributed by atoms with E-state index in [9.17, 15) is 0 Å². The van der Waals surface area contributed by atoms with E-state index >= 15 is 0 Å². The van der Waals surface area contributed by atoms with Crippen molar-refractivity contribution in [2.45, 2.75) is 25.7 Å². The molecule has 0 aromatic rings. The third-order valence-electron chi connectivity index (χ3n) is 4.78. The van der Waals surface area contributed by atoms with Crippen molar-refractivity contribution in [2.24, 2.45) is 11.8 Å². The van der Waals surface area contributed by atoms with Crippen LogP contribution in [0.15, 0.2) is 70.3 Å². The molecular formula is C18H17B. The fourth-order valence-corrected chi connectivity index (χ4v) is 3.92. The van der Waals surface area contributed by atoms with Crippen molar-refractivity contribution in [3.63, 3.8) is 0 Å². The van der Waals surface area contributed by atoms with E-state index in [1.165, 1.54) is 18.4 Å². The SMILES string of the molecule is [B]C1=CC2=C(CC1)C1=C(C=CCC1)C1C=CC=CC21. The second-order valence-corrected chi connectivity index (χ2v) is 5.85. The van der Waals surface area contributed by atoms with Crippen LogP contribution in [0.2, 0.25) is 0 Å². The fourth-order valence-electron chi connectivity index (χ4n) is 3.92. The van der Waals surface area contributed by atoms with Gasteiger partial charge in [0.05, 0.1) is 0 Å². The molecule has 4 aliphatic carbocycles. The summed E-state index contributed by atoms with van der Waals surface area (Å²) >= 11 is 0. The third-order valence-corrected chi connectivity index (χ3v) is 4.78. The molecule has 92 valence electrons. The number of hydrogen-bond acceptors (Lipinski definition) is 0. The normalized spacial score (nSPS) is 31.9. The Hall–Kier alpha value is -1.50. The Kier molecular flexibility index (Phi) is 2.55. The third kappa shape index (κ3) is 1.68. The van der Waals surface area contributed by atoms with Crippen molar-refractivity contribution in [1.29, 1.82) is 0 Å². The van der Waals surface area contributed by atoms with E-state index in [1.807, 2.05) is 0 Å². The molecule has 4 rings (SSSR count). The van der Waals surface area contributed by atoms with Crippen molar-refractivity contribution in [2.75, 3.05) is 0 Å². The van der Waals surface area contributed by atoms with E-state index in [2.05, 4.69) is 42.5 Å². The van der Waals surface area contributed by atoms with Crippen molar-refractivity contribution in [3.8, 4) is 0 Å². The molecule has 1 heteroatoms. The minimum absolute atomic E-state index is 0.500. The maximum absolute atomic E-state index is 6.09. The Bertz CT molecular complexity index is 608. The maximum atomic E-state index is 6.09. The standard InChI is InChI=1S/C18H17B/c19-12-9-10-17-15-7-2-1-5-13(15)14-6-3-4-8-16(14)18(17)11-12/h1,3-6,8,11,14,16H,2,7,9-10H2. The molecule has 0 heterocycles. The van der Waals surface area contributed by atoms with Gasteiger partial charge in [0.25, 0.3) is 0 Å². The highest BCUT2D eigenvalue weighted by atomic mass is 14.4. The first-order valence-electron chi connectivity index (χ1n) is 7.28. The molecule has 0 N–H and O–H groups in total. The first-order valence-corrected chi connectivity index (χ1v) is 7.28. The van der Waals surface area contributed by atoms with Gasteiger partial charge in [-0.25, -0.2) is 0 Å². The summed E-state index contributed by atoms with van der Waals surface area (Å²) in [6.45, 7) is 0. The highest BCUT2D eigenvalue weighted by molar-refractivity contribution is 6.22. The lowest BCUT2D eigenvalue weighted by atomic mass is 9.64. The van der Waals surface area contributed by atoms with Crippen LogP contribution in [-0.2, 0) is 0 Å². The molecule has 4 aliphatic rings. The summed E-state index contributed by atoms with van der Waals surface area (Å²) in [7, 11) is 6.09. The van der Waals surface area contributed by atoms with Crippen LogP contribution in [0, 0.1) is 11.8 Å². The van der Waals surface area contributed by atoms with Crippen molar-refractivity contribution < 1.29 is 0 Å². The van der Waals surface area contributed by atoms with Crippen molar-refractivity contribution >= 4 is 7.85 Å². The predicted octanol–water partition coefficient (Wildman–Crippen LogP) is 4.15. The molecule has 0 nitrogen and oxygen atoms in total. The molecular weight excluding hydrogens is 227 g/mol. The van der Waals surface area contributed by atoms with E-state index in [4.69, 9.17) is 7.85 Å². The van der Waals surface area contributed by atoms with Gasteiger partial charge in [-0.1, -0.05) is 42.5 Å². The molecule has 2 unspecified atom stereocenters. The second kappa shape index (κ2) is 4.26. The molecule has 0 aromatic carbocycles. The van der Waals surface area contributed by atoms with Crippen LogP contribution < -0.4 is 0 Å². The molecule has 0 spiro atoms. The first kappa shape index (κ1) is 11.3. The molecule has 0 fully saturated rings. The minimum Gasteiger partial charge on any atom is -0.117 e. The minimum atomic E-state index is 0.500. The largest absolute Gasteiger partial charge is 0.117 e. The second-order valence-electron chi connectivity index (χ2n) is 5.85. The number of rotatable bonds is 0. The highest BCUT2D eigenvalue weighted by Crippen LogP contribution is 2.48. The smallest absolute Gasteiger partial charge is 0.107 e. The lowest BCUT2D eigenvalue weighted by Crippen LogP contribution is -2.26. The Labute approximate surface area is 116 Å². The molecule has 0 saturated carbocycles. The van der Waals surface area contributed by atoms with Crippen LogP contribution in [0.25, 0.3) is 0 Å². The van der Waals surface area contributed by atoms with Gasteiger partial charge in [-0.2, -0.15) is 0 Å². The van der Waals surface area contributed by atoms with Crippen LogP contribution in [0.1, 0.15) is 25.7 Å². The summed E-state index contributed by atoms with van der Waals surface area (Å²) in [4.78, 5) is 0. The van der Waals surface area contributed by atoms with E-state index < -0.39 is 0 Å². The fraction of sp³-hybridized carbons (Fsp3) is 0.333. The Morgan fingerprint density at radius 2 is 1.63 bits per heavy atom. The summed E-state index contributed by atoms with van der Waals surface area (Å²) in [5.41, 5.74) is 7.31. The van der Waals surface area contributed by atoms with Crippen LogP contribution in [0.5, 0.6) is 0 Å². The summed E-state index contributed by atoms with van der Waals surface area (Å²) in [5, 5.41) is 0. The average molecular weight is 244 g/mol. The van der Waals surface area contributed by atoms with Gasteiger partial charge in [-0.3, -0.25) is 0 Å². The van der Waals surface area contributed by atoms with Gasteiger partial charge in [0.15, 0.2) is 0 Å². The molecule has 2 radical (unpaired) electrons. The highest BCUT2D eigenvalue weighted by Gasteiger charge is 2.34. The van der Waals surface area contributed by atoms with Gasteiger partial charge in [-0.15, -0.1) is 5.47 Å². The van der Waals surface area contributed by atoms with Gasteiger partial charge in [-0.05, 0) is 48.0 Å². The quantitative estimate of drug-likeness (QED) is 0.561. The zero-order chi connectivity index (χ0) is 12.8. The lowest BCUT2D eigenvalue weighted by molar-refractivity contribution is 0.579. The molecule has 0 amide bonds. The zero-order valence-corrected chi connectivity index (χ0v) is 11.1. The van der Waals surface area contributed by atoms with Gasteiger partial charge >= 0.3 is 0 Å². The molecule has 19 heavy (non-hydrogen) atoms. The first-order chi connectivity index (χ1) is 9.34. The molecule has 0 aromatic heterocycles. The number of hydrogen-bond donors (Lipinski definition) is 0. The summed E-state index contributed by atoms with van der Waals surface area (Å²) in [6, 6.07) is 0. The van der Waals surface area contributed by atoms with Gasteiger partial charge in [0.1, 0.15) is 7.85 Å². The number of fused-ring (bicyclic) bond motifs is 4. The van der Waals surface area contributed by atoms with E-state index in [0.717, 1.165) is 18.3 Å². The monoisotopic (exact) mass is 244 g/mol. The van der Waals surface area contributed by atoms with E-state index in [-0.39, 0.29) is 0 Å². The summed E-state index contributed by atoms with van der Waals surface area (Å²) < 4.78 is 0. The maximum Gasteiger partial charge on any atom is 0.107 e. The van der Waals surface area contributed by atoms with Gasteiger partial charge < -0.3 is 0 Å². The predicted molar refractivity (Wildman–Crippen MR) is 80.8 cm³/mol. The lowest BCUT2D eigenvalue weighted by Gasteiger charge is -2.39. The van der Waals surface area contributed by atoms with Gasteiger partial charge in [0, 0.05) is 11.8 Å². The summed E-state index contributed by atoms with van der Waals surface area (Å²) in [6.07, 6.45) is 20.6. The average Bonchev–Trinajstić information content (AvgIpc) is 2.47. The van der Waals surface area contributed by atoms with Gasteiger partial charge in [0.2, 0.25) is 0 Å². The Balaban J connectivity index is 1.93. The molecule has 0 bridgehead atoms. The van der Waals surface area contributed by atoms with E-state index in [0.29, 0.717) is 11.8 Å². The molecule has 0 aliphatic heterocycles. The molecule has 0 saturated heterocycles. The van der Waals surface area contributed by atoms with Crippen molar-refractivity contribution in [3.05, 3.63) is 70.3 Å². The van der Waals surface area contributed by atoms with Crippen LogP contribution >= 0.6 is 0 Å². The Morgan fingerprint density at radius 1 is 0.895 bits per heavy atom. The zero-order valence-electron chi connectivity index (χ0n) is 11.1. The van der Waals surface area contributed by atoms with Crippen LogP contribution in [-0.4, -0.2) is 7.85 Å². The van der Waals surface area contributed by atoms with Crippen LogP contribution in [0.3, 0.4) is 0 Å². The summed E-state index contributed by atoms with van der Waals surface area (Å²) in [5.74, 6) is 1.03. The topological polar surface area (TPSA) is 0 Å². The number of allylic oxidation sites excluding steroid dienone is 12. The van der Waals surface area contributed by atoms with Crippen LogP contribution in [0.4, 0.5) is 0 Å². The van der Waals surface area contributed by atoms with E-state index in [1.54, 1.807) is 16.7 Å².